The summed E-state index contributed by atoms with van der Waals surface area (Å²) in [5.74, 6) is 0.691. The minimum atomic E-state index is -0.0112. The maximum absolute atomic E-state index is 12.3. The Bertz CT molecular complexity index is 589. The molecular weight excluding hydrogens is 240 g/mol. The summed E-state index contributed by atoms with van der Waals surface area (Å²) in [5, 5.41) is 4.12. The van der Waals surface area contributed by atoms with Crippen molar-refractivity contribution in [3.8, 4) is 0 Å². The molecule has 0 amide bonds. The second-order valence-corrected chi connectivity index (χ2v) is 4.68. The third-order valence-electron chi connectivity index (χ3n) is 2.93. The maximum Gasteiger partial charge on any atom is 0.188 e. The van der Waals surface area contributed by atoms with E-state index in [9.17, 15) is 4.79 Å². The Hall–Kier alpha value is -2.04. The van der Waals surface area contributed by atoms with Gasteiger partial charge in [0.15, 0.2) is 5.78 Å². The summed E-state index contributed by atoms with van der Waals surface area (Å²) in [6.45, 7) is 6.72. The van der Waals surface area contributed by atoms with E-state index in [0.29, 0.717) is 11.5 Å². The van der Waals surface area contributed by atoms with Crippen LogP contribution in [-0.2, 0) is 13.0 Å². The van der Waals surface area contributed by atoms with Crippen LogP contribution < -0.4 is 0 Å². The minimum absolute atomic E-state index is 0.0112. The standard InChI is InChI=1S/C14H18N4O/c1-4-5-18-13(16-9-17-18)7-12(19)14-11(3)6-10(2)8-15-14/h6,8-9H,4-5,7H2,1-3H3. The molecule has 0 atom stereocenters. The Kier molecular flexibility index (Phi) is 4.04. The van der Waals surface area contributed by atoms with Crippen molar-refractivity contribution >= 4 is 5.78 Å². The lowest BCUT2D eigenvalue weighted by Crippen LogP contribution is -2.13. The summed E-state index contributed by atoms with van der Waals surface area (Å²) in [6, 6.07) is 1.97. The van der Waals surface area contributed by atoms with Crippen molar-refractivity contribution < 1.29 is 4.79 Å². The van der Waals surface area contributed by atoms with Gasteiger partial charge in [-0.05, 0) is 31.4 Å². The number of hydrogen-bond acceptors (Lipinski definition) is 4. The van der Waals surface area contributed by atoms with Crippen LogP contribution >= 0.6 is 0 Å². The molecule has 0 N–H and O–H groups in total. The number of rotatable bonds is 5. The van der Waals surface area contributed by atoms with Gasteiger partial charge < -0.3 is 0 Å². The van der Waals surface area contributed by atoms with Crippen molar-refractivity contribution in [2.45, 2.75) is 40.2 Å². The van der Waals surface area contributed by atoms with Crippen LogP contribution in [0.25, 0.3) is 0 Å². The smallest absolute Gasteiger partial charge is 0.188 e. The molecule has 19 heavy (non-hydrogen) atoms. The normalized spacial score (nSPS) is 10.7. The van der Waals surface area contributed by atoms with E-state index in [2.05, 4.69) is 22.0 Å². The highest BCUT2D eigenvalue weighted by Crippen LogP contribution is 2.10. The molecular formula is C14H18N4O. The molecule has 0 aromatic carbocycles. The van der Waals surface area contributed by atoms with E-state index < -0.39 is 0 Å². The van der Waals surface area contributed by atoms with E-state index in [-0.39, 0.29) is 12.2 Å². The van der Waals surface area contributed by atoms with Crippen molar-refractivity contribution in [2.75, 3.05) is 0 Å². The fraction of sp³-hybridized carbons (Fsp3) is 0.429. The van der Waals surface area contributed by atoms with Crippen LogP contribution in [0.3, 0.4) is 0 Å². The number of Topliss-reactive ketones (excluding diaryl/α,β-unsaturated/α-hetero) is 1. The molecule has 100 valence electrons. The third kappa shape index (κ3) is 3.05. The zero-order valence-corrected chi connectivity index (χ0v) is 11.6. The number of hydrogen-bond donors (Lipinski definition) is 0. The fourth-order valence-electron chi connectivity index (χ4n) is 2.06. The predicted molar refractivity (Wildman–Crippen MR) is 72.1 cm³/mol. The Morgan fingerprint density at radius 3 is 2.79 bits per heavy atom. The van der Waals surface area contributed by atoms with Crippen LogP contribution in [0.2, 0.25) is 0 Å². The van der Waals surface area contributed by atoms with Crippen molar-refractivity contribution in [1.82, 2.24) is 19.7 Å². The third-order valence-corrected chi connectivity index (χ3v) is 2.93. The van der Waals surface area contributed by atoms with E-state index in [0.717, 1.165) is 24.1 Å². The van der Waals surface area contributed by atoms with Gasteiger partial charge in [-0.25, -0.2) is 9.67 Å². The predicted octanol–water partition coefficient (Wildman–Crippen LogP) is 2.13. The molecule has 0 fully saturated rings. The van der Waals surface area contributed by atoms with E-state index >= 15 is 0 Å². The van der Waals surface area contributed by atoms with E-state index in [1.54, 1.807) is 10.9 Å². The van der Waals surface area contributed by atoms with Crippen LogP contribution in [0.4, 0.5) is 0 Å². The molecule has 0 radical (unpaired) electrons. The number of aryl methyl sites for hydroxylation is 3. The first-order valence-corrected chi connectivity index (χ1v) is 6.45. The summed E-state index contributed by atoms with van der Waals surface area (Å²) < 4.78 is 1.78. The highest BCUT2D eigenvalue weighted by molar-refractivity contribution is 5.96. The van der Waals surface area contributed by atoms with Crippen LogP contribution in [0.5, 0.6) is 0 Å². The SMILES string of the molecule is CCCn1ncnc1CC(=O)c1ncc(C)cc1C. The first-order chi connectivity index (χ1) is 9.11. The Morgan fingerprint density at radius 2 is 2.11 bits per heavy atom. The summed E-state index contributed by atoms with van der Waals surface area (Å²) in [6.07, 6.45) is 4.42. The number of ketones is 1. The largest absolute Gasteiger partial charge is 0.292 e. The lowest BCUT2D eigenvalue weighted by Gasteiger charge is -2.06. The summed E-state index contributed by atoms with van der Waals surface area (Å²) in [4.78, 5) is 20.6. The van der Waals surface area contributed by atoms with Gasteiger partial charge in [-0.2, -0.15) is 5.10 Å². The summed E-state index contributed by atoms with van der Waals surface area (Å²) in [5.41, 5.74) is 2.49. The van der Waals surface area contributed by atoms with Gasteiger partial charge in [-0.3, -0.25) is 9.78 Å². The van der Waals surface area contributed by atoms with Crippen LogP contribution in [0.15, 0.2) is 18.6 Å². The Balaban J connectivity index is 2.18. The monoisotopic (exact) mass is 258 g/mol. The molecule has 2 aromatic heterocycles. The molecule has 2 heterocycles. The maximum atomic E-state index is 12.3. The first kappa shape index (κ1) is 13.4. The molecule has 0 bridgehead atoms. The lowest BCUT2D eigenvalue weighted by atomic mass is 10.1. The van der Waals surface area contributed by atoms with Gasteiger partial charge >= 0.3 is 0 Å². The van der Waals surface area contributed by atoms with Crippen LogP contribution in [-0.4, -0.2) is 25.5 Å². The van der Waals surface area contributed by atoms with Gasteiger partial charge in [0.05, 0.1) is 6.42 Å². The van der Waals surface area contributed by atoms with Gasteiger partial charge in [0.25, 0.3) is 0 Å². The number of nitrogens with zero attached hydrogens (tertiary/aromatic N) is 4. The number of aromatic nitrogens is 4. The molecule has 0 aliphatic heterocycles. The molecule has 2 aromatic rings. The lowest BCUT2D eigenvalue weighted by molar-refractivity contribution is 0.0984. The highest BCUT2D eigenvalue weighted by Gasteiger charge is 2.15. The molecule has 5 nitrogen and oxygen atoms in total. The zero-order valence-electron chi connectivity index (χ0n) is 11.6. The van der Waals surface area contributed by atoms with Gasteiger partial charge in [0.2, 0.25) is 0 Å². The quantitative estimate of drug-likeness (QED) is 0.771. The van der Waals surface area contributed by atoms with Gasteiger partial charge in [-0.15, -0.1) is 0 Å². The van der Waals surface area contributed by atoms with Crippen LogP contribution in [0.1, 0.15) is 40.8 Å². The van der Waals surface area contributed by atoms with E-state index in [1.807, 2.05) is 19.9 Å². The summed E-state index contributed by atoms with van der Waals surface area (Å²) >= 11 is 0. The zero-order chi connectivity index (χ0) is 13.8. The average molecular weight is 258 g/mol. The van der Waals surface area contributed by atoms with Crippen molar-refractivity contribution in [2.24, 2.45) is 0 Å². The molecule has 0 aliphatic rings. The average Bonchev–Trinajstić information content (AvgIpc) is 2.77. The van der Waals surface area contributed by atoms with Gasteiger partial charge in [0, 0.05) is 12.7 Å². The van der Waals surface area contributed by atoms with Gasteiger partial charge in [0.1, 0.15) is 17.8 Å². The van der Waals surface area contributed by atoms with Crippen molar-refractivity contribution in [3.05, 3.63) is 41.2 Å². The second kappa shape index (κ2) is 5.73. The molecule has 0 unspecified atom stereocenters. The highest BCUT2D eigenvalue weighted by atomic mass is 16.1. The second-order valence-electron chi connectivity index (χ2n) is 4.68. The van der Waals surface area contributed by atoms with E-state index in [1.165, 1.54) is 6.33 Å². The molecule has 0 aliphatic carbocycles. The molecule has 2 rings (SSSR count). The molecule has 0 saturated heterocycles. The molecule has 0 saturated carbocycles. The molecule has 5 heteroatoms. The van der Waals surface area contributed by atoms with Gasteiger partial charge in [-0.1, -0.05) is 13.0 Å². The van der Waals surface area contributed by atoms with E-state index in [4.69, 9.17) is 0 Å². The first-order valence-electron chi connectivity index (χ1n) is 6.45. The van der Waals surface area contributed by atoms with Crippen LogP contribution in [0, 0.1) is 13.8 Å². The minimum Gasteiger partial charge on any atom is -0.292 e. The fourth-order valence-corrected chi connectivity index (χ4v) is 2.06. The van der Waals surface area contributed by atoms with Crippen molar-refractivity contribution in [3.63, 3.8) is 0 Å². The topological polar surface area (TPSA) is 60.7 Å². The van der Waals surface area contributed by atoms with Crippen molar-refractivity contribution in [1.29, 1.82) is 0 Å². The number of carbonyl (C=O) groups is 1. The Labute approximate surface area is 112 Å². The number of carbonyl (C=O) groups excluding carboxylic acids is 1. The summed E-state index contributed by atoms with van der Waals surface area (Å²) in [7, 11) is 0. The number of pyridine rings is 1. The Morgan fingerprint density at radius 1 is 1.32 bits per heavy atom. The molecule has 0 spiro atoms.